The van der Waals surface area contributed by atoms with Gasteiger partial charge in [-0.25, -0.2) is 4.79 Å². The van der Waals surface area contributed by atoms with Crippen molar-refractivity contribution >= 4 is 11.9 Å². The summed E-state index contributed by atoms with van der Waals surface area (Å²) in [5.41, 5.74) is 1.66. The molecule has 1 aromatic rings. The molecule has 0 saturated carbocycles. The monoisotopic (exact) mass is 420 g/mol. The Labute approximate surface area is 179 Å². The zero-order valence-electron chi connectivity index (χ0n) is 18.7. The van der Waals surface area contributed by atoms with E-state index in [0.29, 0.717) is 31.7 Å². The molecule has 1 saturated heterocycles. The second-order valence-electron chi connectivity index (χ2n) is 8.97. The summed E-state index contributed by atoms with van der Waals surface area (Å²) >= 11 is 0. The number of carbonyl (C=O) groups excluding carboxylic acids is 1. The van der Waals surface area contributed by atoms with Gasteiger partial charge in [-0.05, 0) is 60.2 Å². The highest BCUT2D eigenvalue weighted by Gasteiger charge is 2.23. The van der Waals surface area contributed by atoms with Crippen LogP contribution in [0.4, 0.5) is 10.6 Å². The molecule has 0 aromatic carbocycles. The minimum Gasteiger partial charge on any atom is -0.462 e. The summed E-state index contributed by atoms with van der Waals surface area (Å²) in [6.07, 6.45) is 3.65. The number of nitrogens with one attached hydrogen (secondary N) is 3. The Bertz CT molecular complexity index is 721. The molecule has 0 spiro atoms. The number of amides is 1. The van der Waals surface area contributed by atoms with E-state index in [0.717, 1.165) is 56.0 Å². The number of hydrogen-bond acceptors (Lipinski definition) is 8. The van der Waals surface area contributed by atoms with E-state index >= 15 is 0 Å². The summed E-state index contributed by atoms with van der Waals surface area (Å²) < 4.78 is 11.3. The summed E-state index contributed by atoms with van der Waals surface area (Å²) in [7, 11) is 2.13. The molecular formula is C21H36N6O3. The topological polar surface area (TPSA) is 101 Å². The lowest BCUT2D eigenvalue weighted by Crippen LogP contribution is -2.35. The molecule has 0 radical (unpaired) electrons. The number of ether oxygens (including phenoxy) is 2. The molecule has 9 heteroatoms. The first-order valence-corrected chi connectivity index (χ1v) is 11.0. The molecule has 0 aliphatic carbocycles. The van der Waals surface area contributed by atoms with E-state index in [1.54, 1.807) is 0 Å². The molecule has 1 aromatic heterocycles. The number of nitrogens with zero attached hydrogens (tertiary/aromatic N) is 3. The van der Waals surface area contributed by atoms with Crippen molar-refractivity contribution in [3.8, 4) is 6.01 Å². The largest absolute Gasteiger partial charge is 0.462 e. The zero-order chi connectivity index (χ0) is 21.6. The van der Waals surface area contributed by atoms with Crippen molar-refractivity contribution < 1.29 is 14.3 Å². The molecule has 9 nitrogen and oxygen atoms in total. The van der Waals surface area contributed by atoms with Gasteiger partial charge in [0.05, 0.1) is 5.69 Å². The number of carbonyl (C=O) groups is 1. The van der Waals surface area contributed by atoms with E-state index in [2.05, 4.69) is 32.9 Å². The molecule has 2 aliphatic rings. The van der Waals surface area contributed by atoms with Gasteiger partial charge in [-0.2, -0.15) is 9.97 Å². The summed E-state index contributed by atoms with van der Waals surface area (Å²) in [4.78, 5) is 23.5. The molecule has 1 amide bonds. The maximum absolute atomic E-state index is 11.8. The minimum absolute atomic E-state index is 0.417. The van der Waals surface area contributed by atoms with Crippen LogP contribution in [-0.4, -0.2) is 79.0 Å². The molecule has 1 fully saturated rings. The Morgan fingerprint density at radius 3 is 2.77 bits per heavy atom. The minimum atomic E-state index is -0.506. The first-order chi connectivity index (χ1) is 14.3. The third kappa shape index (κ3) is 6.70. The molecule has 0 unspecified atom stereocenters. The van der Waals surface area contributed by atoms with Crippen molar-refractivity contribution in [2.24, 2.45) is 0 Å². The van der Waals surface area contributed by atoms with Crippen LogP contribution < -0.4 is 20.7 Å². The number of likely N-dealkylation sites (tertiary alicyclic amines) is 1. The van der Waals surface area contributed by atoms with Gasteiger partial charge in [0, 0.05) is 37.7 Å². The van der Waals surface area contributed by atoms with Crippen molar-refractivity contribution in [3.05, 3.63) is 11.3 Å². The van der Waals surface area contributed by atoms with Crippen molar-refractivity contribution in [1.82, 2.24) is 25.5 Å². The van der Waals surface area contributed by atoms with E-state index in [1.807, 2.05) is 20.8 Å². The summed E-state index contributed by atoms with van der Waals surface area (Å²) in [6.45, 7) is 10.0. The fraction of sp³-hybridized carbons (Fsp3) is 0.762. The number of rotatable bonds is 7. The van der Waals surface area contributed by atoms with Crippen LogP contribution in [0.1, 0.15) is 44.9 Å². The molecule has 30 heavy (non-hydrogen) atoms. The van der Waals surface area contributed by atoms with Gasteiger partial charge in [-0.3, -0.25) is 0 Å². The average molecular weight is 421 g/mol. The van der Waals surface area contributed by atoms with Crippen LogP contribution in [0.2, 0.25) is 0 Å². The van der Waals surface area contributed by atoms with Crippen molar-refractivity contribution in [2.75, 3.05) is 51.7 Å². The lowest BCUT2D eigenvalue weighted by molar-refractivity contribution is 0.0530. The van der Waals surface area contributed by atoms with Gasteiger partial charge < -0.3 is 30.3 Å². The van der Waals surface area contributed by atoms with E-state index < -0.39 is 11.7 Å². The van der Waals surface area contributed by atoms with Crippen LogP contribution in [-0.2, 0) is 17.6 Å². The lowest BCUT2D eigenvalue weighted by Gasteiger charge is -2.20. The number of anilines is 1. The van der Waals surface area contributed by atoms with E-state index in [9.17, 15) is 4.79 Å². The van der Waals surface area contributed by atoms with Crippen LogP contribution >= 0.6 is 0 Å². The van der Waals surface area contributed by atoms with Crippen molar-refractivity contribution in [1.29, 1.82) is 0 Å². The molecule has 1 atom stereocenters. The van der Waals surface area contributed by atoms with Crippen LogP contribution in [0.3, 0.4) is 0 Å². The second-order valence-corrected chi connectivity index (χ2v) is 8.97. The normalized spacial score (nSPS) is 19.7. The molecule has 3 heterocycles. The molecule has 3 rings (SSSR count). The van der Waals surface area contributed by atoms with Gasteiger partial charge in [0.2, 0.25) is 0 Å². The van der Waals surface area contributed by atoms with Crippen molar-refractivity contribution in [2.45, 2.75) is 58.1 Å². The first kappa shape index (κ1) is 22.6. The predicted molar refractivity (Wildman–Crippen MR) is 116 cm³/mol. The highest BCUT2D eigenvalue weighted by Crippen LogP contribution is 2.23. The Balaban J connectivity index is 1.60. The summed E-state index contributed by atoms with van der Waals surface area (Å²) in [6, 6.07) is 0.849. The van der Waals surface area contributed by atoms with Crippen LogP contribution in [0.15, 0.2) is 0 Å². The standard InChI is InChI=1S/C21H36N6O3/c1-21(2,3)30-20(28)24-12-11-23-18-16-7-9-22-10-8-17(16)25-19(26-18)29-14-15-6-5-13-27(15)4/h15,22H,5-14H2,1-4H3,(H,24,28)(H,23,25,26)/t15-/m0/s1. The predicted octanol–water partition coefficient (Wildman–Crippen LogP) is 1.57. The fourth-order valence-corrected chi connectivity index (χ4v) is 3.75. The summed E-state index contributed by atoms with van der Waals surface area (Å²) in [5, 5.41) is 9.53. The number of aromatic nitrogens is 2. The van der Waals surface area contributed by atoms with Gasteiger partial charge in [-0.15, -0.1) is 0 Å². The third-order valence-corrected chi connectivity index (χ3v) is 5.32. The Morgan fingerprint density at radius 2 is 2.03 bits per heavy atom. The number of fused-ring (bicyclic) bond motifs is 1. The van der Waals surface area contributed by atoms with E-state index in [4.69, 9.17) is 14.5 Å². The first-order valence-electron chi connectivity index (χ1n) is 11.0. The maximum Gasteiger partial charge on any atom is 0.407 e. The van der Waals surface area contributed by atoms with E-state index in [-0.39, 0.29) is 0 Å². The van der Waals surface area contributed by atoms with Gasteiger partial charge in [0.25, 0.3) is 0 Å². The van der Waals surface area contributed by atoms with E-state index in [1.165, 1.54) is 6.42 Å². The summed E-state index contributed by atoms with van der Waals surface area (Å²) in [5.74, 6) is 0.796. The maximum atomic E-state index is 11.8. The molecule has 0 bridgehead atoms. The highest BCUT2D eigenvalue weighted by molar-refractivity contribution is 5.67. The Morgan fingerprint density at radius 1 is 1.23 bits per heavy atom. The lowest BCUT2D eigenvalue weighted by atomic mass is 10.1. The Kier molecular flexibility index (Phi) is 7.71. The van der Waals surface area contributed by atoms with Crippen LogP contribution in [0.5, 0.6) is 6.01 Å². The average Bonchev–Trinajstić information content (AvgIpc) is 2.93. The van der Waals surface area contributed by atoms with Crippen molar-refractivity contribution in [3.63, 3.8) is 0 Å². The zero-order valence-corrected chi connectivity index (χ0v) is 18.7. The highest BCUT2D eigenvalue weighted by atomic mass is 16.6. The van der Waals surface area contributed by atoms with Crippen LogP contribution in [0.25, 0.3) is 0 Å². The van der Waals surface area contributed by atoms with Gasteiger partial charge in [0.15, 0.2) is 0 Å². The Hall–Kier alpha value is -2.13. The van der Waals surface area contributed by atoms with Crippen LogP contribution in [0, 0.1) is 0 Å². The fourth-order valence-electron chi connectivity index (χ4n) is 3.75. The molecular weight excluding hydrogens is 384 g/mol. The quantitative estimate of drug-likeness (QED) is 0.572. The molecule has 3 N–H and O–H groups in total. The SMILES string of the molecule is CN1CCC[C@H]1COc1nc2c(c(NCCNC(=O)OC(C)(C)C)n1)CCNCC2. The van der Waals surface area contributed by atoms with Gasteiger partial charge in [0.1, 0.15) is 18.0 Å². The molecule has 2 aliphatic heterocycles. The van der Waals surface area contributed by atoms with Gasteiger partial charge in [-0.1, -0.05) is 0 Å². The molecule has 168 valence electrons. The number of alkyl carbamates (subject to hydrolysis) is 1. The second kappa shape index (κ2) is 10.3. The third-order valence-electron chi connectivity index (χ3n) is 5.32. The number of likely N-dealkylation sites (N-methyl/N-ethyl adjacent to an activating group) is 1. The number of hydrogen-bond donors (Lipinski definition) is 3. The smallest absolute Gasteiger partial charge is 0.407 e. The van der Waals surface area contributed by atoms with Gasteiger partial charge >= 0.3 is 12.1 Å².